The van der Waals surface area contributed by atoms with Crippen LogP contribution in [0.4, 0.5) is 0 Å². The van der Waals surface area contributed by atoms with Crippen LogP contribution in [0, 0.1) is 6.92 Å². The summed E-state index contributed by atoms with van der Waals surface area (Å²) in [6, 6.07) is 13.0. The number of Topliss-reactive ketones (excluding diaryl/α,β-unsaturated/α-hetero) is 1. The Morgan fingerprint density at radius 2 is 1.84 bits per heavy atom. The van der Waals surface area contributed by atoms with Crippen molar-refractivity contribution in [2.45, 2.75) is 26.9 Å². The van der Waals surface area contributed by atoms with Gasteiger partial charge in [-0.15, -0.1) is 0 Å². The van der Waals surface area contributed by atoms with E-state index in [0.29, 0.717) is 34.1 Å². The van der Waals surface area contributed by atoms with Gasteiger partial charge in [-0.1, -0.05) is 29.4 Å². The molecule has 0 aliphatic heterocycles. The molecule has 0 spiro atoms. The quantitative estimate of drug-likeness (QED) is 0.481. The van der Waals surface area contributed by atoms with Gasteiger partial charge in [-0.25, -0.2) is 4.98 Å². The third kappa shape index (κ3) is 4.55. The molecule has 0 radical (unpaired) electrons. The third-order valence-corrected chi connectivity index (χ3v) is 5.00. The lowest BCUT2D eigenvalue weighted by Crippen LogP contribution is -2.21. The first-order valence-corrected chi connectivity index (χ1v) is 10.2. The Kier molecular flexibility index (Phi) is 6.04. The number of hydrogen-bond donors (Lipinski definition) is 1. The first-order chi connectivity index (χ1) is 15.4. The molecule has 32 heavy (non-hydrogen) atoms. The Bertz CT molecular complexity index is 1320. The topological polar surface area (TPSA) is 103 Å². The number of aryl methyl sites for hydroxylation is 1. The van der Waals surface area contributed by atoms with Crippen molar-refractivity contribution in [3.63, 3.8) is 0 Å². The summed E-state index contributed by atoms with van der Waals surface area (Å²) < 4.78 is 6.95. The normalized spacial score (nSPS) is 11.0. The Hall–Kier alpha value is -3.91. The molecule has 0 amide bonds. The third-order valence-electron chi connectivity index (χ3n) is 5.00. The van der Waals surface area contributed by atoms with E-state index in [1.54, 1.807) is 18.5 Å². The lowest BCUT2D eigenvalue weighted by molar-refractivity contribution is -0.117. The Labute approximate surface area is 184 Å². The minimum Gasteiger partial charge on any atom is -0.354 e. The number of carbonyl (C=O) groups excluding carboxylic acids is 1. The summed E-state index contributed by atoms with van der Waals surface area (Å²) in [6.45, 7) is 4.10. The molecule has 0 aliphatic rings. The van der Waals surface area contributed by atoms with Gasteiger partial charge >= 0.3 is 0 Å². The Morgan fingerprint density at radius 3 is 2.56 bits per heavy atom. The van der Waals surface area contributed by atoms with Crippen molar-refractivity contribution in [3.8, 4) is 34.0 Å². The summed E-state index contributed by atoms with van der Waals surface area (Å²) in [7, 11) is 1.91. The van der Waals surface area contributed by atoms with Gasteiger partial charge in [0.2, 0.25) is 0 Å². The molecule has 0 fully saturated rings. The average molecular weight is 429 g/mol. The molecular formula is C24H23N5O3. The maximum Gasteiger partial charge on any atom is 0.250 e. The summed E-state index contributed by atoms with van der Waals surface area (Å²) in [5.74, 6) is 0.399. The van der Waals surface area contributed by atoms with Crippen molar-refractivity contribution >= 4 is 5.78 Å². The minimum atomic E-state index is -0.246. The second-order valence-electron chi connectivity index (χ2n) is 7.58. The molecule has 8 nitrogen and oxygen atoms in total. The second-order valence-corrected chi connectivity index (χ2v) is 7.58. The Morgan fingerprint density at radius 1 is 1.09 bits per heavy atom. The molecule has 0 saturated carbocycles. The fraction of sp³-hybridized carbons (Fsp3) is 0.208. The highest BCUT2D eigenvalue weighted by Crippen LogP contribution is 2.28. The SMILES string of the molecule is CNCc1ccc(-c2cc(-c3nc(-c4ccc(=O)n(CC(C)=O)c4)cnc3C)on2)cc1. The number of nitrogens with zero attached hydrogens (tertiary/aromatic N) is 4. The van der Waals surface area contributed by atoms with Crippen LogP contribution >= 0.6 is 0 Å². The number of nitrogens with one attached hydrogen (secondary N) is 1. The molecule has 0 saturated heterocycles. The van der Waals surface area contributed by atoms with Crippen LogP contribution in [0.1, 0.15) is 18.2 Å². The van der Waals surface area contributed by atoms with E-state index < -0.39 is 0 Å². The number of ketones is 1. The van der Waals surface area contributed by atoms with Crippen molar-refractivity contribution in [2.75, 3.05) is 7.05 Å². The molecule has 0 aliphatic carbocycles. The smallest absolute Gasteiger partial charge is 0.250 e. The number of rotatable bonds is 7. The lowest BCUT2D eigenvalue weighted by atomic mass is 10.1. The molecule has 4 aromatic rings. The van der Waals surface area contributed by atoms with Gasteiger partial charge in [-0.05, 0) is 32.5 Å². The van der Waals surface area contributed by atoms with Crippen LogP contribution < -0.4 is 10.9 Å². The van der Waals surface area contributed by atoms with Crippen molar-refractivity contribution < 1.29 is 9.32 Å². The van der Waals surface area contributed by atoms with Crippen LogP contribution in [0.2, 0.25) is 0 Å². The van der Waals surface area contributed by atoms with Gasteiger partial charge < -0.3 is 14.4 Å². The van der Waals surface area contributed by atoms with Crippen molar-refractivity contribution in [1.29, 1.82) is 0 Å². The summed E-state index contributed by atoms with van der Waals surface area (Å²) >= 11 is 0. The van der Waals surface area contributed by atoms with Gasteiger partial charge in [0.25, 0.3) is 5.56 Å². The van der Waals surface area contributed by atoms with Crippen molar-refractivity contribution in [3.05, 3.63) is 76.5 Å². The fourth-order valence-electron chi connectivity index (χ4n) is 3.39. The monoisotopic (exact) mass is 429 g/mol. The average Bonchev–Trinajstić information content (AvgIpc) is 3.26. The van der Waals surface area contributed by atoms with E-state index in [0.717, 1.165) is 12.1 Å². The molecule has 162 valence electrons. The highest BCUT2D eigenvalue weighted by molar-refractivity contribution is 5.75. The standard InChI is InChI=1S/C24H23N5O3/c1-15(30)13-29-14-19(8-9-23(29)31)21-12-26-16(2)24(27-21)22-10-20(28-32-22)18-6-4-17(5-7-18)11-25-3/h4-10,12,14,25H,11,13H2,1-3H3. The second kappa shape index (κ2) is 9.07. The molecule has 4 rings (SSSR count). The zero-order chi connectivity index (χ0) is 22.7. The molecular weight excluding hydrogens is 406 g/mol. The summed E-state index contributed by atoms with van der Waals surface area (Å²) in [5.41, 5.74) is 5.09. The predicted molar refractivity (Wildman–Crippen MR) is 121 cm³/mol. The number of benzene rings is 1. The molecule has 3 heterocycles. The number of carbonyl (C=O) groups is 1. The van der Waals surface area contributed by atoms with E-state index in [1.807, 2.05) is 44.3 Å². The number of aromatic nitrogens is 4. The predicted octanol–water partition coefficient (Wildman–Crippen LogP) is 3.24. The van der Waals surface area contributed by atoms with E-state index in [9.17, 15) is 9.59 Å². The van der Waals surface area contributed by atoms with Crippen LogP contribution in [0.5, 0.6) is 0 Å². The first-order valence-electron chi connectivity index (χ1n) is 10.2. The van der Waals surface area contributed by atoms with Gasteiger partial charge in [0.1, 0.15) is 17.2 Å². The first kappa shape index (κ1) is 21.3. The van der Waals surface area contributed by atoms with Gasteiger partial charge in [-0.3, -0.25) is 14.6 Å². The van der Waals surface area contributed by atoms with Crippen molar-refractivity contribution in [2.24, 2.45) is 0 Å². The largest absolute Gasteiger partial charge is 0.354 e. The van der Waals surface area contributed by atoms with Crippen LogP contribution in [0.3, 0.4) is 0 Å². The lowest BCUT2D eigenvalue weighted by Gasteiger charge is -2.08. The van der Waals surface area contributed by atoms with Crippen LogP contribution in [0.15, 0.2) is 64.2 Å². The highest BCUT2D eigenvalue weighted by atomic mass is 16.5. The summed E-state index contributed by atoms with van der Waals surface area (Å²) in [5, 5.41) is 7.32. The zero-order valence-corrected chi connectivity index (χ0v) is 18.1. The maximum absolute atomic E-state index is 12.0. The van der Waals surface area contributed by atoms with E-state index in [-0.39, 0.29) is 17.9 Å². The zero-order valence-electron chi connectivity index (χ0n) is 18.1. The molecule has 1 aromatic carbocycles. The van der Waals surface area contributed by atoms with E-state index in [2.05, 4.69) is 15.5 Å². The fourth-order valence-corrected chi connectivity index (χ4v) is 3.39. The number of pyridine rings is 1. The van der Waals surface area contributed by atoms with Crippen LogP contribution in [-0.2, 0) is 17.9 Å². The molecule has 0 atom stereocenters. The molecule has 1 N–H and O–H groups in total. The Balaban J connectivity index is 1.67. The molecule has 3 aromatic heterocycles. The molecule has 0 bridgehead atoms. The van der Waals surface area contributed by atoms with Crippen LogP contribution in [-0.4, -0.2) is 32.5 Å². The summed E-state index contributed by atoms with van der Waals surface area (Å²) in [6.07, 6.45) is 3.25. The highest BCUT2D eigenvalue weighted by Gasteiger charge is 2.15. The van der Waals surface area contributed by atoms with Gasteiger partial charge in [0.15, 0.2) is 5.76 Å². The molecule has 0 unspecified atom stereocenters. The van der Waals surface area contributed by atoms with Gasteiger partial charge in [-0.2, -0.15) is 0 Å². The van der Waals surface area contributed by atoms with Crippen molar-refractivity contribution in [1.82, 2.24) is 25.0 Å². The maximum atomic E-state index is 12.0. The van der Waals surface area contributed by atoms with Gasteiger partial charge in [0, 0.05) is 36.0 Å². The van der Waals surface area contributed by atoms with E-state index >= 15 is 0 Å². The van der Waals surface area contributed by atoms with E-state index in [1.165, 1.54) is 23.1 Å². The minimum absolute atomic E-state index is 0.0113. The van der Waals surface area contributed by atoms with Crippen LogP contribution in [0.25, 0.3) is 34.0 Å². The molecule has 8 heteroatoms. The summed E-state index contributed by atoms with van der Waals surface area (Å²) in [4.78, 5) is 32.6. The van der Waals surface area contributed by atoms with Gasteiger partial charge in [0.05, 0.1) is 24.1 Å². The van der Waals surface area contributed by atoms with E-state index in [4.69, 9.17) is 9.51 Å². The number of hydrogen-bond acceptors (Lipinski definition) is 7.